The van der Waals surface area contributed by atoms with Crippen molar-refractivity contribution in [1.29, 1.82) is 0 Å². The summed E-state index contributed by atoms with van der Waals surface area (Å²) in [6.45, 7) is 2.19. The number of halogens is 1. The van der Waals surface area contributed by atoms with Crippen LogP contribution >= 0.6 is 0 Å². The van der Waals surface area contributed by atoms with Gasteiger partial charge in [-0.05, 0) is 42.2 Å². The van der Waals surface area contributed by atoms with Crippen LogP contribution in [0.15, 0.2) is 48.5 Å². The first kappa shape index (κ1) is 18.9. The third-order valence-corrected chi connectivity index (χ3v) is 6.09. The molecular weight excluding hydrogens is 387 g/mol. The number of amides is 2. The second-order valence-corrected chi connectivity index (χ2v) is 8.02. The third kappa shape index (κ3) is 3.60. The zero-order valence-electron chi connectivity index (χ0n) is 16.5. The van der Waals surface area contributed by atoms with E-state index in [1.54, 1.807) is 23.1 Å². The summed E-state index contributed by atoms with van der Waals surface area (Å²) in [6.07, 6.45) is 0.143. The maximum absolute atomic E-state index is 13.1. The van der Waals surface area contributed by atoms with Gasteiger partial charge in [0.05, 0.1) is 0 Å². The number of rotatable bonds is 3. The molecule has 2 aromatic rings. The second-order valence-electron chi connectivity index (χ2n) is 8.02. The molecule has 1 saturated heterocycles. The highest BCUT2D eigenvalue weighted by Gasteiger charge is 2.46. The van der Waals surface area contributed by atoms with Crippen molar-refractivity contribution in [3.8, 4) is 11.5 Å². The van der Waals surface area contributed by atoms with Gasteiger partial charge >= 0.3 is 0 Å². The van der Waals surface area contributed by atoms with E-state index in [2.05, 4.69) is 0 Å². The van der Waals surface area contributed by atoms with Gasteiger partial charge in [-0.25, -0.2) is 4.39 Å². The Morgan fingerprint density at radius 2 is 1.50 bits per heavy atom. The number of benzene rings is 2. The predicted octanol–water partition coefficient (Wildman–Crippen LogP) is 2.44. The molecule has 0 bridgehead atoms. The van der Waals surface area contributed by atoms with Crippen LogP contribution < -0.4 is 9.47 Å². The van der Waals surface area contributed by atoms with E-state index in [4.69, 9.17) is 9.47 Å². The molecule has 0 aromatic heterocycles. The number of piperazine rings is 1. The van der Waals surface area contributed by atoms with Gasteiger partial charge in [0.1, 0.15) is 12.4 Å². The highest BCUT2D eigenvalue weighted by molar-refractivity contribution is 5.84. The summed E-state index contributed by atoms with van der Waals surface area (Å²) in [4.78, 5) is 29.3. The van der Waals surface area contributed by atoms with Gasteiger partial charge in [0.2, 0.25) is 12.0 Å². The zero-order chi connectivity index (χ0) is 20.7. The number of ether oxygens (including phenoxy) is 2. The molecule has 2 aliphatic heterocycles. The Bertz CT molecular complexity index is 956. The van der Waals surface area contributed by atoms with Crippen LogP contribution in [0.1, 0.15) is 17.9 Å². The number of hydrogen-bond acceptors (Lipinski definition) is 4. The highest BCUT2D eigenvalue weighted by atomic mass is 19.1. The minimum Gasteiger partial charge on any atom is -0.485 e. The molecule has 1 saturated carbocycles. The molecule has 0 unspecified atom stereocenters. The Morgan fingerprint density at radius 1 is 0.867 bits per heavy atom. The maximum atomic E-state index is 13.1. The minimum absolute atomic E-state index is 0.0377. The Kier molecular flexibility index (Phi) is 4.81. The molecule has 156 valence electrons. The quantitative estimate of drug-likeness (QED) is 0.780. The van der Waals surface area contributed by atoms with Gasteiger partial charge in [0.25, 0.3) is 5.91 Å². The van der Waals surface area contributed by atoms with E-state index in [9.17, 15) is 14.0 Å². The molecule has 1 aliphatic carbocycles. The molecular formula is C23H23FN2O4. The summed E-state index contributed by atoms with van der Waals surface area (Å²) in [5.74, 6) is 1.12. The number of nitrogens with zero attached hydrogens (tertiary/aromatic N) is 2. The lowest BCUT2D eigenvalue weighted by Gasteiger charge is -2.37. The summed E-state index contributed by atoms with van der Waals surface area (Å²) < 4.78 is 24.6. The van der Waals surface area contributed by atoms with Gasteiger partial charge in [0, 0.05) is 32.1 Å². The lowest BCUT2D eigenvalue weighted by Crippen LogP contribution is -2.55. The lowest BCUT2D eigenvalue weighted by atomic mass is 10.1. The fourth-order valence-corrected chi connectivity index (χ4v) is 4.27. The van der Waals surface area contributed by atoms with Gasteiger partial charge < -0.3 is 19.3 Å². The summed E-state index contributed by atoms with van der Waals surface area (Å²) in [5, 5.41) is 0. The van der Waals surface area contributed by atoms with E-state index in [0.717, 1.165) is 12.0 Å². The van der Waals surface area contributed by atoms with Crippen LogP contribution in [0.3, 0.4) is 0 Å². The first-order chi connectivity index (χ1) is 14.6. The van der Waals surface area contributed by atoms with Crippen LogP contribution in [0.4, 0.5) is 4.39 Å². The number of para-hydroxylation sites is 2. The van der Waals surface area contributed by atoms with Gasteiger partial charge in [-0.3, -0.25) is 9.59 Å². The molecule has 30 heavy (non-hydrogen) atoms. The highest BCUT2D eigenvalue weighted by Crippen LogP contribution is 2.48. The lowest BCUT2D eigenvalue weighted by molar-refractivity contribution is -0.146. The van der Waals surface area contributed by atoms with Gasteiger partial charge in [-0.15, -0.1) is 0 Å². The fraction of sp³-hybridized carbons (Fsp3) is 0.391. The molecule has 0 N–H and O–H groups in total. The molecule has 2 aromatic carbocycles. The number of fused-ring (bicyclic) bond motifs is 1. The van der Waals surface area contributed by atoms with E-state index in [1.165, 1.54) is 12.1 Å². The van der Waals surface area contributed by atoms with Crippen LogP contribution in [0.25, 0.3) is 0 Å². The van der Waals surface area contributed by atoms with E-state index in [0.29, 0.717) is 37.7 Å². The number of carbonyl (C=O) groups is 2. The van der Waals surface area contributed by atoms with Crippen LogP contribution in [-0.2, 0) is 9.59 Å². The van der Waals surface area contributed by atoms with Crippen molar-refractivity contribution in [2.45, 2.75) is 18.4 Å². The predicted molar refractivity (Wildman–Crippen MR) is 107 cm³/mol. The standard InChI is InChI=1S/C23H23FN2O4/c24-16-7-5-15(6-8-16)17-13-18(17)22(27)25-9-11-26(12-10-25)23(28)21-14-29-19-3-1-2-4-20(19)30-21/h1-8,17-18,21H,9-14H2/t17-,18-,21+/m1/s1. The largest absolute Gasteiger partial charge is 0.485 e. The van der Waals surface area contributed by atoms with Crippen molar-refractivity contribution in [1.82, 2.24) is 9.80 Å². The SMILES string of the molecule is O=C([C@@H]1COc2ccccc2O1)N1CCN(C(=O)[C@@H]2C[C@@H]2c2ccc(F)cc2)CC1. The summed E-state index contributed by atoms with van der Waals surface area (Å²) in [7, 11) is 0. The second kappa shape index (κ2) is 7.63. The topological polar surface area (TPSA) is 59.1 Å². The third-order valence-electron chi connectivity index (χ3n) is 6.09. The Balaban J connectivity index is 1.14. The molecule has 3 atom stereocenters. The van der Waals surface area contributed by atoms with Crippen LogP contribution in [0, 0.1) is 11.7 Å². The summed E-state index contributed by atoms with van der Waals surface area (Å²) >= 11 is 0. The summed E-state index contributed by atoms with van der Waals surface area (Å²) in [5.41, 5.74) is 1.01. The van der Waals surface area contributed by atoms with Gasteiger partial charge in [-0.2, -0.15) is 0 Å². The Morgan fingerprint density at radius 3 is 2.20 bits per heavy atom. The van der Waals surface area contributed by atoms with Crippen LogP contribution in [0.2, 0.25) is 0 Å². The maximum Gasteiger partial charge on any atom is 0.267 e. The van der Waals surface area contributed by atoms with Gasteiger partial charge in [0.15, 0.2) is 11.5 Å². The Labute approximate surface area is 174 Å². The zero-order valence-corrected chi connectivity index (χ0v) is 16.5. The molecule has 3 aliphatic rings. The van der Waals surface area contributed by atoms with Crippen LogP contribution in [-0.4, -0.2) is 60.5 Å². The molecule has 0 spiro atoms. The van der Waals surface area contributed by atoms with Gasteiger partial charge in [-0.1, -0.05) is 24.3 Å². The molecule has 2 amide bonds. The molecule has 6 nitrogen and oxygen atoms in total. The average molecular weight is 410 g/mol. The van der Waals surface area contributed by atoms with Crippen molar-refractivity contribution in [2.24, 2.45) is 5.92 Å². The smallest absolute Gasteiger partial charge is 0.267 e. The van der Waals surface area contributed by atoms with Crippen molar-refractivity contribution in [3.05, 3.63) is 59.9 Å². The van der Waals surface area contributed by atoms with Crippen molar-refractivity contribution in [2.75, 3.05) is 32.8 Å². The molecule has 2 fully saturated rings. The first-order valence-corrected chi connectivity index (χ1v) is 10.3. The van der Waals surface area contributed by atoms with Crippen molar-refractivity contribution < 1.29 is 23.5 Å². The molecule has 2 heterocycles. The van der Waals surface area contributed by atoms with E-state index < -0.39 is 6.10 Å². The first-order valence-electron chi connectivity index (χ1n) is 10.3. The normalized spacial score (nSPS) is 25.0. The van der Waals surface area contributed by atoms with E-state index >= 15 is 0 Å². The van der Waals surface area contributed by atoms with E-state index in [-0.39, 0.29) is 36.1 Å². The minimum atomic E-state index is -0.659. The van der Waals surface area contributed by atoms with Crippen molar-refractivity contribution >= 4 is 11.8 Å². The molecule has 0 radical (unpaired) electrons. The molecule has 7 heteroatoms. The fourth-order valence-electron chi connectivity index (χ4n) is 4.27. The monoisotopic (exact) mass is 410 g/mol. The summed E-state index contributed by atoms with van der Waals surface area (Å²) in [6, 6.07) is 13.7. The molecule has 5 rings (SSSR count). The van der Waals surface area contributed by atoms with E-state index in [1.807, 2.05) is 23.1 Å². The number of carbonyl (C=O) groups excluding carboxylic acids is 2. The van der Waals surface area contributed by atoms with Crippen molar-refractivity contribution in [3.63, 3.8) is 0 Å². The number of hydrogen-bond donors (Lipinski definition) is 0. The van der Waals surface area contributed by atoms with Crippen LogP contribution in [0.5, 0.6) is 11.5 Å². The average Bonchev–Trinajstić information content (AvgIpc) is 3.59. The Hall–Kier alpha value is -3.09.